The summed E-state index contributed by atoms with van der Waals surface area (Å²) in [6.07, 6.45) is 1.82. The highest BCUT2D eigenvalue weighted by Gasteiger charge is 2.16. The van der Waals surface area contributed by atoms with Crippen LogP contribution >= 0.6 is 11.6 Å². The minimum Gasteiger partial charge on any atom is -0.347 e. The first-order valence-electron chi connectivity index (χ1n) is 6.12. The summed E-state index contributed by atoms with van der Waals surface area (Å²) in [6.45, 7) is 0. The first-order chi connectivity index (χ1) is 9.58. The van der Waals surface area contributed by atoms with Gasteiger partial charge < -0.3 is 9.88 Å². The van der Waals surface area contributed by atoms with E-state index in [-0.39, 0.29) is 5.91 Å². The van der Waals surface area contributed by atoms with Crippen LogP contribution < -0.4 is 5.32 Å². The van der Waals surface area contributed by atoms with Crippen molar-refractivity contribution in [2.75, 3.05) is 5.32 Å². The summed E-state index contributed by atoms with van der Waals surface area (Å²) in [6, 6.07) is 9.12. The SMILES string of the molecule is Cn1cccc1C(=O)Nc1nn(C)c2cccc(Cl)c12. The van der Waals surface area contributed by atoms with Crippen LogP contribution in [0.15, 0.2) is 36.5 Å². The molecule has 0 aliphatic carbocycles. The highest BCUT2D eigenvalue weighted by Crippen LogP contribution is 2.29. The summed E-state index contributed by atoms with van der Waals surface area (Å²) in [7, 11) is 3.63. The number of amides is 1. The lowest BCUT2D eigenvalue weighted by Crippen LogP contribution is -2.16. The third kappa shape index (κ3) is 1.96. The zero-order valence-electron chi connectivity index (χ0n) is 11.1. The lowest BCUT2D eigenvalue weighted by molar-refractivity contribution is 0.101. The van der Waals surface area contributed by atoms with E-state index in [4.69, 9.17) is 11.6 Å². The van der Waals surface area contributed by atoms with E-state index in [1.54, 1.807) is 21.4 Å². The van der Waals surface area contributed by atoms with Crippen LogP contribution in [0.1, 0.15) is 10.5 Å². The van der Waals surface area contributed by atoms with Gasteiger partial charge in [0, 0.05) is 20.3 Å². The monoisotopic (exact) mass is 288 g/mol. The Hall–Kier alpha value is -2.27. The normalized spacial score (nSPS) is 10.9. The van der Waals surface area contributed by atoms with Crippen molar-refractivity contribution in [1.82, 2.24) is 14.3 Å². The molecule has 0 unspecified atom stereocenters. The lowest BCUT2D eigenvalue weighted by Gasteiger charge is -2.04. The molecule has 3 rings (SSSR count). The third-order valence-electron chi connectivity index (χ3n) is 3.24. The summed E-state index contributed by atoms with van der Waals surface area (Å²) in [5.74, 6) is 0.261. The Morgan fingerprint density at radius 3 is 2.75 bits per heavy atom. The number of nitrogens with zero attached hydrogens (tertiary/aromatic N) is 3. The number of fused-ring (bicyclic) bond motifs is 1. The molecule has 0 fully saturated rings. The number of anilines is 1. The van der Waals surface area contributed by atoms with E-state index in [1.165, 1.54) is 0 Å². The predicted octanol–water partition coefficient (Wildman–Crippen LogP) is 2.82. The zero-order chi connectivity index (χ0) is 14.3. The molecule has 0 bridgehead atoms. The van der Waals surface area contributed by atoms with Gasteiger partial charge >= 0.3 is 0 Å². The Labute approximate surface area is 120 Å². The van der Waals surface area contributed by atoms with Gasteiger partial charge in [0.1, 0.15) is 5.69 Å². The molecule has 20 heavy (non-hydrogen) atoms. The van der Waals surface area contributed by atoms with Crippen LogP contribution in [-0.2, 0) is 14.1 Å². The Morgan fingerprint density at radius 1 is 1.25 bits per heavy atom. The zero-order valence-corrected chi connectivity index (χ0v) is 11.8. The molecule has 2 heterocycles. The molecule has 0 aliphatic rings. The maximum atomic E-state index is 12.2. The molecule has 0 spiro atoms. The largest absolute Gasteiger partial charge is 0.347 e. The van der Waals surface area contributed by atoms with E-state index < -0.39 is 0 Å². The third-order valence-corrected chi connectivity index (χ3v) is 3.55. The average Bonchev–Trinajstić information content (AvgIpc) is 2.95. The first-order valence-corrected chi connectivity index (χ1v) is 6.49. The van der Waals surface area contributed by atoms with Crippen LogP contribution in [0.3, 0.4) is 0 Å². The highest BCUT2D eigenvalue weighted by atomic mass is 35.5. The van der Waals surface area contributed by atoms with E-state index in [2.05, 4.69) is 10.4 Å². The summed E-state index contributed by atoms with van der Waals surface area (Å²) in [5.41, 5.74) is 1.44. The first kappa shape index (κ1) is 12.7. The summed E-state index contributed by atoms with van der Waals surface area (Å²) in [4.78, 5) is 12.2. The molecular weight excluding hydrogens is 276 g/mol. The van der Waals surface area contributed by atoms with Gasteiger partial charge in [0.2, 0.25) is 0 Å². The second-order valence-corrected chi connectivity index (χ2v) is 4.97. The van der Waals surface area contributed by atoms with Crippen LogP contribution in [0, 0.1) is 0 Å². The van der Waals surface area contributed by atoms with Gasteiger partial charge in [-0.05, 0) is 24.3 Å². The number of hydrogen-bond acceptors (Lipinski definition) is 2. The molecular formula is C14H13ClN4O. The number of halogens is 1. The molecule has 0 saturated heterocycles. The fourth-order valence-corrected chi connectivity index (χ4v) is 2.49. The van der Waals surface area contributed by atoms with Crippen molar-refractivity contribution < 1.29 is 4.79 Å². The number of carbonyl (C=O) groups excluding carboxylic acids is 1. The second kappa shape index (κ2) is 4.68. The number of nitrogens with one attached hydrogen (secondary N) is 1. The fraction of sp³-hybridized carbons (Fsp3) is 0.143. The topological polar surface area (TPSA) is 51.9 Å². The van der Waals surface area contributed by atoms with Crippen molar-refractivity contribution in [1.29, 1.82) is 0 Å². The maximum absolute atomic E-state index is 12.2. The minimum absolute atomic E-state index is 0.211. The molecule has 1 N–H and O–H groups in total. The van der Waals surface area contributed by atoms with Crippen molar-refractivity contribution in [3.8, 4) is 0 Å². The molecule has 0 saturated carbocycles. The van der Waals surface area contributed by atoms with E-state index >= 15 is 0 Å². The number of benzene rings is 1. The van der Waals surface area contributed by atoms with Crippen molar-refractivity contribution in [2.45, 2.75) is 0 Å². The maximum Gasteiger partial charge on any atom is 0.273 e. The Morgan fingerprint density at radius 2 is 2.05 bits per heavy atom. The standard InChI is InChI=1S/C14H13ClN4O/c1-18-8-4-7-11(18)14(20)16-13-12-9(15)5-3-6-10(12)19(2)17-13/h3-8H,1-2H3,(H,16,17,20). The van der Waals surface area contributed by atoms with Gasteiger partial charge in [0.25, 0.3) is 5.91 Å². The molecule has 1 aromatic carbocycles. The van der Waals surface area contributed by atoms with Gasteiger partial charge in [0.15, 0.2) is 5.82 Å². The van der Waals surface area contributed by atoms with E-state index in [9.17, 15) is 4.79 Å². The highest BCUT2D eigenvalue weighted by molar-refractivity contribution is 6.36. The van der Waals surface area contributed by atoms with Gasteiger partial charge in [-0.2, -0.15) is 5.10 Å². The molecule has 0 radical (unpaired) electrons. The van der Waals surface area contributed by atoms with E-state index in [1.807, 2.05) is 38.5 Å². The van der Waals surface area contributed by atoms with Crippen molar-refractivity contribution >= 4 is 34.2 Å². The lowest BCUT2D eigenvalue weighted by atomic mass is 10.2. The van der Waals surface area contributed by atoms with Crippen molar-refractivity contribution in [3.63, 3.8) is 0 Å². The van der Waals surface area contributed by atoms with E-state index in [0.29, 0.717) is 16.5 Å². The summed E-state index contributed by atoms with van der Waals surface area (Å²) in [5, 5.41) is 8.45. The van der Waals surface area contributed by atoms with Crippen molar-refractivity contribution in [3.05, 3.63) is 47.2 Å². The van der Waals surface area contributed by atoms with Crippen LogP contribution in [0.2, 0.25) is 5.02 Å². The number of aryl methyl sites for hydroxylation is 2. The smallest absolute Gasteiger partial charge is 0.273 e. The van der Waals surface area contributed by atoms with Gasteiger partial charge in [-0.1, -0.05) is 17.7 Å². The molecule has 1 amide bonds. The molecule has 6 heteroatoms. The van der Waals surface area contributed by atoms with Gasteiger partial charge in [-0.3, -0.25) is 9.48 Å². The van der Waals surface area contributed by atoms with Crippen LogP contribution in [0.4, 0.5) is 5.82 Å². The quantitative estimate of drug-likeness (QED) is 0.788. The molecule has 5 nitrogen and oxygen atoms in total. The Balaban J connectivity index is 2.04. The molecule has 3 aromatic rings. The summed E-state index contributed by atoms with van der Waals surface area (Å²) >= 11 is 6.21. The molecule has 102 valence electrons. The summed E-state index contributed by atoms with van der Waals surface area (Å²) < 4.78 is 3.45. The van der Waals surface area contributed by atoms with Gasteiger partial charge in [-0.15, -0.1) is 0 Å². The molecule has 0 atom stereocenters. The van der Waals surface area contributed by atoms with Gasteiger partial charge in [-0.25, -0.2) is 0 Å². The van der Waals surface area contributed by atoms with Crippen LogP contribution in [0.5, 0.6) is 0 Å². The number of aromatic nitrogens is 3. The number of rotatable bonds is 2. The number of hydrogen-bond donors (Lipinski definition) is 1. The van der Waals surface area contributed by atoms with E-state index in [0.717, 1.165) is 10.9 Å². The molecule has 2 aromatic heterocycles. The van der Waals surface area contributed by atoms with Crippen molar-refractivity contribution in [2.24, 2.45) is 14.1 Å². The Kier molecular flexibility index (Phi) is 2.99. The average molecular weight is 289 g/mol. The fourth-order valence-electron chi connectivity index (χ4n) is 2.23. The van der Waals surface area contributed by atoms with Crippen LogP contribution in [-0.4, -0.2) is 20.3 Å². The molecule has 0 aliphatic heterocycles. The number of carbonyl (C=O) groups is 1. The van der Waals surface area contributed by atoms with Gasteiger partial charge in [0.05, 0.1) is 15.9 Å². The second-order valence-electron chi connectivity index (χ2n) is 4.56. The Bertz CT molecular complexity index is 803. The minimum atomic E-state index is -0.211. The predicted molar refractivity (Wildman–Crippen MR) is 79.1 cm³/mol. The van der Waals surface area contributed by atoms with Crippen LogP contribution in [0.25, 0.3) is 10.9 Å².